The molecule has 0 radical (unpaired) electrons. The molecule has 1 fully saturated rings. The van der Waals surface area contributed by atoms with E-state index < -0.39 is 0 Å². The molecule has 2 atom stereocenters. The Labute approximate surface area is 103 Å². The molecule has 2 unspecified atom stereocenters. The zero-order valence-corrected chi connectivity index (χ0v) is 10.4. The monoisotopic (exact) mass is 235 g/mol. The predicted molar refractivity (Wildman–Crippen MR) is 68.4 cm³/mol. The van der Waals surface area contributed by atoms with Crippen molar-refractivity contribution in [3.8, 4) is 5.75 Å². The van der Waals surface area contributed by atoms with E-state index in [2.05, 4.69) is 12.2 Å². The average Bonchev–Trinajstić information content (AvgIpc) is 2.83. The minimum atomic E-state index is 0.179. The van der Waals surface area contributed by atoms with Crippen molar-refractivity contribution in [3.63, 3.8) is 0 Å². The van der Waals surface area contributed by atoms with Crippen molar-refractivity contribution < 1.29 is 9.47 Å². The van der Waals surface area contributed by atoms with Crippen molar-refractivity contribution >= 4 is 0 Å². The maximum atomic E-state index is 5.78. The summed E-state index contributed by atoms with van der Waals surface area (Å²) >= 11 is 0. The summed E-state index contributed by atoms with van der Waals surface area (Å²) in [6.07, 6.45) is 2.96. The molecule has 0 aliphatic carbocycles. The maximum absolute atomic E-state index is 5.78. The van der Waals surface area contributed by atoms with Crippen LogP contribution in [-0.2, 0) is 4.74 Å². The molecule has 0 spiro atoms. The summed E-state index contributed by atoms with van der Waals surface area (Å²) in [6.45, 7) is 4.79. The number of ether oxygens (including phenoxy) is 2. The van der Waals surface area contributed by atoms with Gasteiger partial charge in [-0.1, -0.05) is 18.2 Å². The molecule has 1 aromatic rings. The van der Waals surface area contributed by atoms with Gasteiger partial charge in [0.15, 0.2) is 0 Å². The van der Waals surface area contributed by atoms with Crippen LogP contribution in [0.3, 0.4) is 0 Å². The molecular weight excluding hydrogens is 214 g/mol. The highest BCUT2D eigenvalue weighted by Crippen LogP contribution is 2.12. The van der Waals surface area contributed by atoms with Crippen molar-refractivity contribution in [3.05, 3.63) is 30.3 Å². The first-order valence-electron chi connectivity index (χ1n) is 6.38. The van der Waals surface area contributed by atoms with Gasteiger partial charge in [0.25, 0.3) is 0 Å². The van der Waals surface area contributed by atoms with Crippen LogP contribution in [0.5, 0.6) is 5.75 Å². The Morgan fingerprint density at radius 1 is 1.41 bits per heavy atom. The Balaban J connectivity index is 1.62. The standard InChI is InChI=1S/C14H21NO2/c1-12(17-13-6-3-2-4-7-13)10-15-11-14-8-5-9-16-14/h2-4,6-7,12,14-15H,5,8-11H2,1H3. The Morgan fingerprint density at radius 3 is 2.94 bits per heavy atom. The summed E-state index contributed by atoms with van der Waals surface area (Å²) in [5, 5.41) is 3.40. The molecule has 1 aromatic carbocycles. The van der Waals surface area contributed by atoms with E-state index in [1.807, 2.05) is 30.3 Å². The molecule has 1 aliphatic rings. The summed E-state index contributed by atoms with van der Waals surface area (Å²) in [5.41, 5.74) is 0. The highest BCUT2D eigenvalue weighted by atomic mass is 16.5. The molecule has 1 N–H and O–H groups in total. The van der Waals surface area contributed by atoms with Crippen molar-refractivity contribution in [1.82, 2.24) is 5.32 Å². The lowest BCUT2D eigenvalue weighted by Gasteiger charge is -2.17. The van der Waals surface area contributed by atoms with Gasteiger partial charge in [-0.2, -0.15) is 0 Å². The molecule has 1 heterocycles. The van der Waals surface area contributed by atoms with Gasteiger partial charge < -0.3 is 14.8 Å². The second kappa shape index (κ2) is 6.62. The molecule has 0 amide bonds. The van der Waals surface area contributed by atoms with E-state index in [4.69, 9.17) is 9.47 Å². The lowest BCUT2D eigenvalue weighted by atomic mass is 10.2. The SMILES string of the molecule is CC(CNCC1CCCO1)Oc1ccccc1. The molecule has 0 aromatic heterocycles. The van der Waals surface area contributed by atoms with Gasteiger partial charge in [0.2, 0.25) is 0 Å². The average molecular weight is 235 g/mol. The third-order valence-corrected chi connectivity index (χ3v) is 2.91. The Bertz CT molecular complexity index is 309. The van der Waals surface area contributed by atoms with Gasteiger partial charge in [-0.25, -0.2) is 0 Å². The lowest BCUT2D eigenvalue weighted by molar-refractivity contribution is 0.106. The number of nitrogens with one attached hydrogen (secondary N) is 1. The Kier molecular flexibility index (Phi) is 4.83. The normalized spacial score (nSPS) is 21.4. The first-order valence-corrected chi connectivity index (χ1v) is 6.38. The van der Waals surface area contributed by atoms with Crippen LogP contribution in [-0.4, -0.2) is 31.9 Å². The second-order valence-corrected chi connectivity index (χ2v) is 4.53. The number of hydrogen-bond acceptors (Lipinski definition) is 3. The van der Waals surface area contributed by atoms with E-state index in [9.17, 15) is 0 Å². The van der Waals surface area contributed by atoms with Gasteiger partial charge in [0.05, 0.1) is 6.10 Å². The molecule has 2 rings (SSSR count). The minimum Gasteiger partial charge on any atom is -0.489 e. The first kappa shape index (κ1) is 12.4. The van der Waals surface area contributed by atoms with Crippen molar-refractivity contribution in [1.29, 1.82) is 0 Å². The number of hydrogen-bond donors (Lipinski definition) is 1. The maximum Gasteiger partial charge on any atom is 0.119 e. The molecule has 3 heteroatoms. The minimum absolute atomic E-state index is 0.179. The van der Waals surface area contributed by atoms with Gasteiger partial charge >= 0.3 is 0 Å². The van der Waals surface area contributed by atoms with Gasteiger partial charge in [-0.15, -0.1) is 0 Å². The Morgan fingerprint density at radius 2 is 2.24 bits per heavy atom. The fraction of sp³-hybridized carbons (Fsp3) is 0.571. The van der Waals surface area contributed by atoms with E-state index >= 15 is 0 Å². The predicted octanol–water partition coefficient (Wildman–Crippen LogP) is 2.22. The molecular formula is C14H21NO2. The van der Waals surface area contributed by atoms with Crippen LogP contribution in [0.25, 0.3) is 0 Å². The molecule has 17 heavy (non-hydrogen) atoms. The zero-order chi connectivity index (χ0) is 11.9. The van der Waals surface area contributed by atoms with Crippen LogP contribution in [0.2, 0.25) is 0 Å². The van der Waals surface area contributed by atoms with Crippen LogP contribution in [0.1, 0.15) is 19.8 Å². The van der Waals surface area contributed by atoms with Gasteiger partial charge in [-0.3, -0.25) is 0 Å². The number of rotatable bonds is 6. The summed E-state index contributed by atoms with van der Waals surface area (Å²) in [5.74, 6) is 0.930. The highest BCUT2D eigenvalue weighted by molar-refractivity contribution is 5.21. The topological polar surface area (TPSA) is 30.5 Å². The zero-order valence-electron chi connectivity index (χ0n) is 10.4. The van der Waals surface area contributed by atoms with Crippen LogP contribution in [0.15, 0.2) is 30.3 Å². The molecule has 1 saturated heterocycles. The fourth-order valence-corrected chi connectivity index (χ4v) is 2.03. The van der Waals surface area contributed by atoms with Gasteiger partial charge in [-0.05, 0) is 31.9 Å². The van der Waals surface area contributed by atoms with Gasteiger partial charge in [0.1, 0.15) is 11.9 Å². The largest absolute Gasteiger partial charge is 0.489 e. The molecule has 0 saturated carbocycles. The van der Waals surface area contributed by atoms with E-state index in [0.29, 0.717) is 6.10 Å². The summed E-state index contributed by atoms with van der Waals surface area (Å²) in [6, 6.07) is 9.93. The van der Waals surface area contributed by atoms with Crippen LogP contribution in [0.4, 0.5) is 0 Å². The summed E-state index contributed by atoms with van der Waals surface area (Å²) in [4.78, 5) is 0. The van der Waals surface area contributed by atoms with Gasteiger partial charge in [0, 0.05) is 19.7 Å². The van der Waals surface area contributed by atoms with E-state index in [1.165, 1.54) is 12.8 Å². The van der Waals surface area contributed by atoms with Crippen LogP contribution < -0.4 is 10.1 Å². The fourth-order valence-electron chi connectivity index (χ4n) is 2.03. The molecule has 1 aliphatic heterocycles. The Hall–Kier alpha value is -1.06. The first-order chi connectivity index (χ1) is 8.34. The van der Waals surface area contributed by atoms with Crippen LogP contribution in [0, 0.1) is 0 Å². The molecule has 0 bridgehead atoms. The number of para-hydroxylation sites is 1. The van der Waals surface area contributed by atoms with E-state index in [1.54, 1.807) is 0 Å². The summed E-state index contributed by atoms with van der Waals surface area (Å²) < 4.78 is 11.3. The van der Waals surface area contributed by atoms with Crippen molar-refractivity contribution in [2.75, 3.05) is 19.7 Å². The number of benzene rings is 1. The smallest absolute Gasteiger partial charge is 0.119 e. The third kappa shape index (κ3) is 4.36. The second-order valence-electron chi connectivity index (χ2n) is 4.53. The van der Waals surface area contributed by atoms with Crippen molar-refractivity contribution in [2.45, 2.75) is 32.0 Å². The molecule has 94 valence electrons. The quantitative estimate of drug-likeness (QED) is 0.820. The highest BCUT2D eigenvalue weighted by Gasteiger charge is 2.15. The molecule has 3 nitrogen and oxygen atoms in total. The third-order valence-electron chi connectivity index (χ3n) is 2.91. The van der Waals surface area contributed by atoms with E-state index in [0.717, 1.165) is 25.4 Å². The van der Waals surface area contributed by atoms with Crippen LogP contribution >= 0.6 is 0 Å². The summed E-state index contributed by atoms with van der Waals surface area (Å²) in [7, 11) is 0. The van der Waals surface area contributed by atoms with E-state index in [-0.39, 0.29) is 6.10 Å². The van der Waals surface area contributed by atoms with Crippen molar-refractivity contribution in [2.24, 2.45) is 0 Å². The lowest BCUT2D eigenvalue weighted by Crippen LogP contribution is -2.34.